The highest BCUT2D eigenvalue weighted by molar-refractivity contribution is 6.74. The van der Waals surface area contributed by atoms with Gasteiger partial charge in [-0.2, -0.15) is 0 Å². The molecule has 0 aliphatic heterocycles. The summed E-state index contributed by atoms with van der Waals surface area (Å²) in [4.78, 5) is 11.3. The van der Waals surface area contributed by atoms with E-state index in [1.807, 2.05) is 6.92 Å². The Labute approximate surface area is 137 Å². The first-order chi connectivity index (χ1) is 10.1. The van der Waals surface area contributed by atoms with Crippen LogP contribution in [0.25, 0.3) is 0 Å². The first kappa shape index (κ1) is 19.4. The van der Waals surface area contributed by atoms with Crippen LogP contribution in [0.4, 0.5) is 0 Å². The van der Waals surface area contributed by atoms with E-state index in [1.165, 1.54) is 25.3 Å². The minimum Gasteiger partial charge on any atom is -0.460 e. The Balaban J connectivity index is 2.67. The van der Waals surface area contributed by atoms with Gasteiger partial charge in [-0.25, -0.2) is 4.79 Å². The van der Waals surface area contributed by atoms with E-state index in [2.05, 4.69) is 40.4 Å². The fourth-order valence-corrected chi connectivity index (χ4v) is 4.30. The van der Waals surface area contributed by atoms with Crippen molar-refractivity contribution < 1.29 is 14.0 Å². The molecule has 3 atom stereocenters. The van der Waals surface area contributed by atoms with Crippen LogP contribution in [0.5, 0.6) is 0 Å². The average Bonchev–Trinajstić information content (AvgIpc) is 2.39. The number of rotatable bonds is 6. The van der Waals surface area contributed by atoms with Crippen molar-refractivity contribution in [1.82, 2.24) is 0 Å². The molecule has 1 fully saturated rings. The molecule has 0 radical (unpaired) electrons. The third-order valence-electron chi connectivity index (χ3n) is 5.21. The van der Waals surface area contributed by atoms with Gasteiger partial charge in [0.15, 0.2) is 8.32 Å². The lowest BCUT2D eigenvalue weighted by Gasteiger charge is -2.43. The predicted molar refractivity (Wildman–Crippen MR) is 94.4 cm³/mol. The van der Waals surface area contributed by atoms with Crippen molar-refractivity contribution in [3.05, 3.63) is 12.7 Å². The number of esters is 1. The third-order valence-corrected chi connectivity index (χ3v) is 9.71. The van der Waals surface area contributed by atoms with Crippen molar-refractivity contribution in [2.75, 3.05) is 0 Å². The van der Waals surface area contributed by atoms with Crippen LogP contribution in [0.1, 0.15) is 59.8 Å². The molecule has 0 aromatic heterocycles. The zero-order chi connectivity index (χ0) is 17.0. The van der Waals surface area contributed by atoms with Crippen LogP contribution < -0.4 is 0 Å². The molecule has 0 heterocycles. The molecule has 0 bridgehead atoms. The summed E-state index contributed by atoms with van der Waals surface area (Å²) in [5, 5.41) is 0.232. The molecule has 22 heavy (non-hydrogen) atoms. The van der Waals surface area contributed by atoms with Gasteiger partial charge in [-0.1, -0.05) is 40.2 Å². The number of hydrogen-bond acceptors (Lipinski definition) is 3. The summed E-state index contributed by atoms with van der Waals surface area (Å²) in [5.41, 5.74) is 0. The molecule has 1 saturated carbocycles. The Morgan fingerprint density at radius 1 is 1.32 bits per heavy atom. The lowest BCUT2D eigenvalue weighted by atomic mass is 9.83. The zero-order valence-electron chi connectivity index (χ0n) is 15.3. The fourth-order valence-electron chi connectivity index (χ4n) is 2.87. The normalized spacial score (nSPS) is 24.6. The maximum absolute atomic E-state index is 11.3. The van der Waals surface area contributed by atoms with Crippen molar-refractivity contribution in [3.8, 4) is 0 Å². The van der Waals surface area contributed by atoms with Gasteiger partial charge in [0, 0.05) is 12.2 Å². The Morgan fingerprint density at radius 3 is 2.45 bits per heavy atom. The second-order valence-electron chi connectivity index (χ2n) is 8.15. The second-order valence-corrected chi connectivity index (χ2v) is 12.9. The highest BCUT2D eigenvalue weighted by Crippen LogP contribution is 2.41. The lowest BCUT2D eigenvalue weighted by Crippen LogP contribution is -2.47. The van der Waals surface area contributed by atoms with E-state index in [9.17, 15) is 4.79 Å². The second kappa shape index (κ2) is 7.78. The molecule has 0 amide bonds. The molecule has 3 unspecified atom stereocenters. The fraction of sp³-hybridized carbons (Fsp3) is 0.833. The third kappa shape index (κ3) is 5.54. The number of carbonyl (C=O) groups is 1. The van der Waals surface area contributed by atoms with Gasteiger partial charge in [0.2, 0.25) is 0 Å². The van der Waals surface area contributed by atoms with E-state index < -0.39 is 8.32 Å². The Hall–Kier alpha value is -0.613. The van der Waals surface area contributed by atoms with E-state index in [0.717, 1.165) is 12.8 Å². The quantitative estimate of drug-likeness (QED) is 0.388. The Bertz CT molecular complexity index is 384. The van der Waals surface area contributed by atoms with Crippen molar-refractivity contribution in [2.24, 2.45) is 5.92 Å². The minimum absolute atomic E-state index is 0.0703. The van der Waals surface area contributed by atoms with Gasteiger partial charge < -0.3 is 9.16 Å². The molecule has 128 valence electrons. The van der Waals surface area contributed by atoms with E-state index >= 15 is 0 Å². The topological polar surface area (TPSA) is 35.5 Å². The molecule has 0 spiro atoms. The van der Waals surface area contributed by atoms with Gasteiger partial charge in [0.25, 0.3) is 0 Å². The van der Waals surface area contributed by atoms with Crippen LogP contribution >= 0.6 is 0 Å². The van der Waals surface area contributed by atoms with Crippen LogP contribution in [0, 0.1) is 5.92 Å². The van der Waals surface area contributed by atoms with Crippen molar-refractivity contribution >= 4 is 14.3 Å². The molecule has 1 rings (SSSR count). The molecule has 1 aliphatic rings. The molecule has 0 saturated heterocycles. The highest BCUT2D eigenvalue weighted by Gasteiger charge is 2.41. The molecule has 0 aromatic carbocycles. The van der Waals surface area contributed by atoms with Crippen LogP contribution in [0.3, 0.4) is 0 Å². The summed E-state index contributed by atoms with van der Waals surface area (Å²) in [6.45, 7) is 16.9. The standard InChI is InChI=1S/C18H34O3Si/c1-8-17(19)20-14(2)13-15-11-9-10-12-16(15)21-22(6,7)18(3,4)5/h8,14-16H,1,9-13H2,2-7H3. The summed E-state index contributed by atoms with van der Waals surface area (Å²) >= 11 is 0. The summed E-state index contributed by atoms with van der Waals surface area (Å²) in [6, 6.07) is 0. The lowest BCUT2D eigenvalue weighted by molar-refractivity contribution is -0.143. The van der Waals surface area contributed by atoms with Gasteiger partial charge in [-0.15, -0.1) is 0 Å². The molecular weight excluding hydrogens is 292 g/mol. The summed E-state index contributed by atoms with van der Waals surface area (Å²) in [7, 11) is -1.75. The van der Waals surface area contributed by atoms with Gasteiger partial charge in [-0.05, 0) is 50.2 Å². The smallest absolute Gasteiger partial charge is 0.330 e. The Kier molecular flexibility index (Phi) is 6.87. The van der Waals surface area contributed by atoms with Crippen molar-refractivity contribution in [2.45, 2.75) is 90.1 Å². The Morgan fingerprint density at radius 2 is 1.91 bits per heavy atom. The van der Waals surface area contributed by atoms with Crippen LogP contribution in [-0.4, -0.2) is 26.5 Å². The minimum atomic E-state index is -1.75. The monoisotopic (exact) mass is 326 g/mol. The van der Waals surface area contributed by atoms with Crippen LogP contribution in [0.15, 0.2) is 12.7 Å². The summed E-state index contributed by atoms with van der Waals surface area (Å²) < 4.78 is 12.0. The van der Waals surface area contributed by atoms with Gasteiger partial charge >= 0.3 is 5.97 Å². The summed E-state index contributed by atoms with van der Waals surface area (Å²) in [6.07, 6.45) is 7.19. The largest absolute Gasteiger partial charge is 0.460 e. The van der Waals surface area contributed by atoms with E-state index in [4.69, 9.17) is 9.16 Å². The van der Waals surface area contributed by atoms with E-state index in [0.29, 0.717) is 12.0 Å². The maximum atomic E-state index is 11.3. The molecule has 4 heteroatoms. The number of ether oxygens (including phenoxy) is 1. The molecule has 3 nitrogen and oxygen atoms in total. The zero-order valence-corrected chi connectivity index (χ0v) is 16.3. The van der Waals surface area contributed by atoms with Crippen LogP contribution in [-0.2, 0) is 14.0 Å². The van der Waals surface area contributed by atoms with Crippen LogP contribution in [0.2, 0.25) is 18.1 Å². The number of carbonyl (C=O) groups excluding carboxylic acids is 1. The first-order valence-corrected chi connectivity index (χ1v) is 11.5. The van der Waals surface area contributed by atoms with Gasteiger partial charge in [0.05, 0.1) is 6.10 Å². The average molecular weight is 327 g/mol. The highest BCUT2D eigenvalue weighted by atomic mass is 28.4. The summed E-state index contributed by atoms with van der Waals surface area (Å²) in [5.74, 6) is 0.167. The van der Waals surface area contributed by atoms with Gasteiger partial charge in [0.1, 0.15) is 0 Å². The maximum Gasteiger partial charge on any atom is 0.330 e. The van der Waals surface area contributed by atoms with Gasteiger partial charge in [-0.3, -0.25) is 0 Å². The molecular formula is C18H34O3Si. The SMILES string of the molecule is C=CC(=O)OC(C)CC1CCCCC1O[Si](C)(C)C(C)(C)C. The molecule has 1 aliphatic carbocycles. The van der Waals surface area contributed by atoms with E-state index in [-0.39, 0.29) is 17.1 Å². The van der Waals surface area contributed by atoms with E-state index in [1.54, 1.807) is 0 Å². The molecule has 0 aromatic rings. The predicted octanol–water partition coefficient (Wildman–Crippen LogP) is 5.07. The first-order valence-electron chi connectivity index (χ1n) is 8.57. The van der Waals surface area contributed by atoms with Crippen molar-refractivity contribution in [1.29, 1.82) is 0 Å². The molecule has 0 N–H and O–H groups in total. The van der Waals surface area contributed by atoms with Crippen molar-refractivity contribution in [3.63, 3.8) is 0 Å². The number of hydrogen-bond donors (Lipinski definition) is 0.